The maximum atomic E-state index is 6.14. The Kier molecular flexibility index (Phi) is 3.56. The summed E-state index contributed by atoms with van der Waals surface area (Å²) < 4.78 is 11.7. The molecular weight excluding hydrogens is 192 g/mol. The highest BCUT2D eigenvalue weighted by molar-refractivity contribution is 6.69. The Bertz CT molecular complexity index is 220. The van der Waals surface area contributed by atoms with E-state index in [1.807, 2.05) is 0 Å². The predicted molar refractivity (Wildman–Crippen MR) is 61.8 cm³/mol. The van der Waals surface area contributed by atoms with E-state index >= 15 is 0 Å². The molecule has 0 aromatic heterocycles. The highest BCUT2D eigenvalue weighted by Crippen LogP contribution is 2.37. The number of ether oxygens (including phenoxy) is 1. The van der Waals surface area contributed by atoms with Crippen LogP contribution in [0.25, 0.3) is 0 Å². The SMILES string of the molecule is C=C1CCCCC1(OC)O[Si](C)(C)C. The summed E-state index contributed by atoms with van der Waals surface area (Å²) in [4.78, 5) is 0. The highest BCUT2D eigenvalue weighted by Gasteiger charge is 2.40. The van der Waals surface area contributed by atoms with Gasteiger partial charge in [-0.1, -0.05) is 6.58 Å². The monoisotopic (exact) mass is 214 g/mol. The molecule has 0 saturated heterocycles. The van der Waals surface area contributed by atoms with E-state index < -0.39 is 14.1 Å². The van der Waals surface area contributed by atoms with Crippen LogP contribution in [-0.2, 0) is 9.16 Å². The predicted octanol–water partition coefficient (Wildman–Crippen LogP) is 3.31. The van der Waals surface area contributed by atoms with E-state index in [-0.39, 0.29) is 0 Å². The van der Waals surface area contributed by atoms with Gasteiger partial charge in [-0.3, -0.25) is 0 Å². The molecular formula is C11H22O2Si. The number of hydrogen-bond donors (Lipinski definition) is 0. The van der Waals surface area contributed by atoms with Crippen molar-refractivity contribution in [2.75, 3.05) is 7.11 Å². The Hall–Kier alpha value is -0.123. The van der Waals surface area contributed by atoms with Crippen LogP contribution in [0.3, 0.4) is 0 Å². The van der Waals surface area contributed by atoms with Crippen LogP contribution in [0.15, 0.2) is 12.2 Å². The van der Waals surface area contributed by atoms with Crippen molar-refractivity contribution in [1.29, 1.82) is 0 Å². The molecule has 3 heteroatoms. The first-order valence-electron chi connectivity index (χ1n) is 5.33. The summed E-state index contributed by atoms with van der Waals surface area (Å²) in [5.74, 6) is -0.470. The standard InChI is InChI=1S/C11H22O2Si/c1-10-8-6-7-9-11(10,12-2)13-14(3,4)5/h1,6-9H2,2-5H3. The first kappa shape index (κ1) is 11.9. The molecule has 1 rings (SSSR count). The van der Waals surface area contributed by atoms with Gasteiger partial charge in [0.05, 0.1) is 0 Å². The van der Waals surface area contributed by atoms with Gasteiger partial charge in [-0.15, -0.1) is 0 Å². The summed E-state index contributed by atoms with van der Waals surface area (Å²) in [5, 5.41) is 0. The summed E-state index contributed by atoms with van der Waals surface area (Å²) >= 11 is 0. The largest absolute Gasteiger partial charge is 0.388 e. The van der Waals surface area contributed by atoms with Crippen molar-refractivity contribution in [2.45, 2.75) is 51.1 Å². The summed E-state index contributed by atoms with van der Waals surface area (Å²) in [6, 6.07) is 0. The van der Waals surface area contributed by atoms with Crippen molar-refractivity contribution in [3.05, 3.63) is 12.2 Å². The van der Waals surface area contributed by atoms with Gasteiger partial charge in [-0.05, 0) is 44.5 Å². The number of rotatable bonds is 3. The number of hydrogen-bond acceptors (Lipinski definition) is 2. The van der Waals surface area contributed by atoms with E-state index in [9.17, 15) is 0 Å². The van der Waals surface area contributed by atoms with Crippen LogP contribution < -0.4 is 0 Å². The minimum atomic E-state index is -1.57. The first-order chi connectivity index (χ1) is 6.40. The fourth-order valence-corrected chi connectivity index (χ4v) is 3.29. The quantitative estimate of drug-likeness (QED) is 0.408. The van der Waals surface area contributed by atoms with Crippen molar-refractivity contribution in [1.82, 2.24) is 0 Å². The molecule has 0 aromatic rings. The minimum Gasteiger partial charge on any atom is -0.388 e. The van der Waals surface area contributed by atoms with E-state index in [1.54, 1.807) is 7.11 Å². The lowest BCUT2D eigenvalue weighted by atomic mass is 9.90. The van der Waals surface area contributed by atoms with Crippen LogP contribution in [0, 0.1) is 0 Å². The average Bonchev–Trinajstić information content (AvgIpc) is 2.07. The Morgan fingerprint density at radius 1 is 1.29 bits per heavy atom. The summed E-state index contributed by atoms with van der Waals surface area (Å²) in [6.45, 7) is 10.7. The van der Waals surface area contributed by atoms with Gasteiger partial charge in [0.15, 0.2) is 14.1 Å². The van der Waals surface area contributed by atoms with Crippen LogP contribution in [0.1, 0.15) is 25.7 Å². The molecule has 0 aliphatic heterocycles. The molecule has 82 valence electrons. The fraction of sp³-hybridized carbons (Fsp3) is 0.818. The second-order valence-corrected chi connectivity index (χ2v) is 9.41. The molecule has 0 aromatic carbocycles. The van der Waals surface area contributed by atoms with Gasteiger partial charge in [-0.25, -0.2) is 0 Å². The maximum absolute atomic E-state index is 6.14. The molecule has 1 aliphatic carbocycles. The molecule has 0 amide bonds. The molecule has 0 bridgehead atoms. The molecule has 1 aliphatic rings. The summed E-state index contributed by atoms with van der Waals surface area (Å²) in [5.41, 5.74) is 1.12. The van der Waals surface area contributed by atoms with Gasteiger partial charge in [-0.2, -0.15) is 0 Å². The Labute approximate surface area is 88.4 Å². The van der Waals surface area contributed by atoms with Crippen molar-refractivity contribution in [2.24, 2.45) is 0 Å². The molecule has 1 saturated carbocycles. The Balaban J connectivity index is 2.78. The van der Waals surface area contributed by atoms with Crippen LogP contribution in [0.4, 0.5) is 0 Å². The van der Waals surface area contributed by atoms with Gasteiger partial charge in [0.1, 0.15) is 0 Å². The van der Waals surface area contributed by atoms with E-state index in [1.165, 1.54) is 12.8 Å². The molecule has 2 nitrogen and oxygen atoms in total. The summed E-state index contributed by atoms with van der Waals surface area (Å²) in [6.07, 6.45) is 4.40. The molecule has 0 N–H and O–H groups in total. The average molecular weight is 214 g/mol. The van der Waals surface area contributed by atoms with E-state index in [4.69, 9.17) is 9.16 Å². The first-order valence-corrected chi connectivity index (χ1v) is 8.74. The number of methoxy groups -OCH3 is 1. The lowest BCUT2D eigenvalue weighted by molar-refractivity contribution is -0.153. The zero-order chi connectivity index (χ0) is 10.8. The molecule has 1 atom stereocenters. The van der Waals surface area contributed by atoms with Gasteiger partial charge in [0.25, 0.3) is 0 Å². The Morgan fingerprint density at radius 3 is 2.36 bits per heavy atom. The zero-order valence-corrected chi connectivity index (χ0v) is 10.9. The molecule has 0 radical (unpaired) electrons. The van der Waals surface area contributed by atoms with Gasteiger partial charge in [0, 0.05) is 13.5 Å². The van der Waals surface area contributed by atoms with Crippen LogP contribution in [0.5, 0.6) is 0 Å². The second kappa shape index (κ2) is 4.17. The van der Waals surface area contributed by atoms with Crippen LogP contribution in [-0.4, -0.2) is 21.2 Å². The van der Waals surface area contributed by atoms with Crippen molar-refractivity contribution in [3.63, 3.8) is 0 Å². The lowest BCUT2D eigenvalue weighted by Crippen LogP contribution is -2.46. The zero-order valence-electron chi connectivity index (χ0n) is 9.85. The Morgan fingerprint density at radius 2 is 1.93 bits per heavy atom. The van der Waals surface area contributed by atoms with Gasteiger partial charge >= 0.3 is 0 Å². The molecule has 14 heavy (non-hydrogen) atoms. The molecule has 0 heterocycles. The highest BCUT2D eigenvalue weighted by atomic mass is 28.4. The fourth-order valence-electron chi connectivity index (χ4n) is 1.97. The smallest absolute Gasteiger partial charge is 0.187 e. The van der Waals surface area contributed by atoms with Crippen molar-refractivity contribution >= 4 is 8.32 Å². The third kappa shape index (κ3) is 2.68. The van der Waals surface area contributed by atoms with E-state index in [0.717, 1.165) is 18.4 Å². The van der Waals surface area contributed by atoms with Gasteiger partial charge in [0.2, 0.25) is 0 Å². The van der Waals surface area contributed by atoms with Crippen LogP contribution >= 0.6 is 0 Å². The van der Waals surface area contributed by atoms with Crippen molar-refractivity contribution < 1.29 is 9.16 Å². The topological polar surface area (TPSA) is 18.5 Å². The maximum Gasteiger partial charge on any atom is 0.187 e. The third-order valence-electron chi connectivity index (χ3n) is 2.57. The van der Waals surface area contributed by atoms with E-state index in [2.05, 4.69) is 26.2 Å². The third-order valence-corrected chi connectivity index (χ3v) is 3.52. The molecule has 1 fully saturated rings. The lowest BCUT2D eigenvalue weighted by Gasteiger charge is -2.42. The van der Waals surface area contributed by atoms with Crippen molar-refractivity contribution in [3.8, 4) is 0 Å². The molecule has 0 spiro atoms. The van der Waals surface area contributed by atoms with E-state index in [0.29, 0.717) is 0 Å². The normalized spacial score (nSPS) is 29.3. The second-order valence-electron chi connectivity index (χ2n) is 4.98. The van der Waals surface area contributed by atoms with Crippen LogP contribution in [0.2, 0.25) is 19.6 Å². The molecule has 1 unspecified atom stereocenters. The summed E-state index contributed by atoms with van der Waals surface area (Å²) in [7, 11) is 0.167. The van der Waals surface area contributed by atoms with Gasteiger partial charge < -0.3 is 9.16 Å². The minimum absolute atomic E-state index is 0.470.